The van der Waals surface area contributed by atoms with Gasteiger partial charge in [-0.25, -0.2) is 0 Å². The number of rotatable bonds is 5. The van der Waals surface area contributed by atoms with Crippen molar-refractivity contribution in [3.8, 4) is 0 Å². The number of piperazine rings is 1. The number of nitrogens with zero attached hydrogens (tertiary/aromatic N) is 3. The van der Waals surface area contributed by atoms with E-state index in [9.17, 15) is 9.59 Å². The highest BCUT2D eigenvalue weighted by molar-refractivity contribution is 9.10. The highest BCUT2D eigenvalue weighted by Gasteiger charge is 2.34. The van der Waals surface area contributed by atoms with Crippen LogP contribution in [0.25, 0.3) is 0 Å². The molecule has 116 valence electrons. The van der Waals surface area contributed by atoms with Gasteiger partial charge in [0.15, 0.2) is 0 Å². The highest BCUT2D eigenvalue weighted by Crippen LogP contribution is 2.24. The molecule has 2 heterocycles. The van der Waals surface area contributed by atoms with Gasteiger partial charge < -0.3 is 10.2 Å². The summed E-state index contributed by atoms with van der Waals surface area (Å²) in [6.07, 6.45) is 1.53. The summed E-state index contributed by atoms with van der Waals surface area (Å²) in [5, 5.41) is 7.11. The van der Waals surface area contributed by atoms with Crippen molar-refractivity contribution in [3.05, 3.63) is 15.9 Å². The maximum absolute atomic E-state index is 12.2. The number of halogens is 1. The molecule has 0 aliphatic carbocycles. The first-order valence-corrected chi connectivity index (χ1v) is 8.07. The van der Waals surface area contributed by atoms with Crippen LogP contribution in [0.4, 0.5) is 0 Å². The van der Waals surface area contributed by atoms with Gasteiger partial charge in [0, 0.05) is 6.54 Å². The maximum Gasteiger partial charge on any atom is 0.243 e. The van der Waals surface area contributed by atoms with E-state index in [1.165, 1.54) is 0 Å². The Morgan fingerprint density at radius 3 is 2.71 bits per heavy atom. The summed E-state index contributed by atoms with van der Waals surface area (Å²) < 4.78 is 2.79. The summed E-state index contributed by atoms with van der Waals surface area (Å²) in [5.41, 5.74) is 1.84. The van der Waals surface area contributed by atoms with Gasteiger partial charge in [0.2, 0.25) is 11.8 Å². The van der Waals surface area contributed by atoms with Crippen LogP contribution < -0.4 is 5.32 Å². The first-order valence-electron chi connectivity index (χ1n) is 7.28. The minimum absolute atomic E-state index is 0.0403. The average molecular weight is 357 g/mol. The van der Waals surface area contributed by atoms with E-state index in [0.717, 1.165) is 28.8 Å². The van der Waals surface area contributed by atoms with Crippen LogP contribution in [0.15, 0.2) is 4.47 Å². The molecule has 1 N–H and O–H groups in total. The van der Waals surface area contributed by atoms with Crippen LogP contribution in [0.1, 0.15) is 38.1 Å². The zero-order valence-corrected chi connectivity index (χ0v) is 14.2. The van der Waals surface area contributed by atoms with Crippen molar-refractivity contribution >= 4 is 27.7 Å². The van der Waals surface area contributed by atoms with Crippen molar-refractivity contribution < 1.29 is 9.59 Å². The largest absolute Gasteiger partial charge is 0.345 e. The Balaban J connectivity index is 2.30. The first kappa shape index (κ1) is 16.0. The van der Waals surface area contributed by atoms with E-state index in [2.05, 4.69) is 26.3 Å². The molecule has 1 aliphatic heterocycles. The van der Waals surface area contributed by atoms with Crippen molar-refractivity contribution in [2.75, 3.05) is 6.54 Å². The summed E-state index contributed by atoms with van der Waals surface area (Å²) in [6, 6.07) is -0.385. The molecule has 7 heteroatoms. The number of aryl methyl sites for hydroxylation is 2. The quantitative estimate of drug-likeness (QED) is 0.871. The zero-order valence-electron chi connectivity index (χ0n) is 12.6. The second-order valence-electron chi connectivity index (χ2n) is 5.21. The zero-order chi connectivity index (χ0) is 15.6. The number of aromatic nitrogens is 2. The van der Waals surface area contributed by atoms with Gasteiger partial charge in [-0.2, -0.15) is 5.10 Å². The van der Waals surface area contributed by atoms with E-state index < -0.39 is 0 Å². The lowest BCUT2D eigenvalue weighted by Crippen LogP contribution is -2.57. The van der Waals surface area contributed by atoms with Gasteiger partial charge in [-0.3, -0.25) is 14.3 Å². The SMILES string of the molecule is CCCC1C(=O)NCC(=O)N1Cc1c(Br)c(C)nn1CC. The van der Waals surface area contributed by atoms with E-state index in [-0.39, 0.29) is 24.4 Å². The van der Waals surface area contributed by atoms with Crippen molar-refractivity contribution in [2.24, 2.45) is 0 Å². The lowest BCUT2D eigenvalue weighted by molar-refractivity contribution is -0.146. The smallest absolute Gasteiger partial charge is 0.243 e. The summed E-state index contributed by atoms with van der Waals surface area (Å²) in [5.74, 6) is -0.103. The van der Waals surface area contributed by atoms with Gasteiger partial charge in [-0.05, 0) is 36.2 Å². The first-order chi connectivity index (χ1) is 9.99. The maximum atomic E-state index is 12.2. The predicted molar refractivity (Wildman–Crippen MR) is 82.6 cm³/mol. The van der Waals surface area contributed by atoms with Crippen LogP contribution in [-0.4, -0.2) is 39.1 Å². The molecule has 0 radical (unpaired) electrons. The van der Waals surface area contributed by atoms with E-state index >= 15 is 0 Å². The summed E-state index contributed by atoms with van der Waals surface area (Å²) in [4.78, 5) is 25.9. The Bertz CT molecular complexity index is 555. The van der Waals surface area contributed by atoms with Crippen LogP contribution in [0.5, 0.6) is 0 Å². The van der Waals surface area contributed by atoms with E-state index in [4.69, 9.17) is 0 Å². The van der Waals surface area contributed by atoms with Gasteiger partial charge in [-0.15, -0.1) is 0 Å². The Morgan fingerprint density at radius 1 is 1.38 bits per heavy atom. The normalized spacial score (nSPS) is 19.0. The number of amides is 2. The Labute approximate surface area is 133 Å². The number of nitrogens with one attached hydrogen (secondary N) is 1. The van der Waals surface area contributed by atoms with E-state index in [1.54, 1.807) is 4.90 Å². The lowest BCUT2D eigenvalue weighted by Gasteiger charge is -2.35. The van der Waals surface area contributed by atoms with Gasteiger partial charge in [0.05, 0.1) is 29.0 Å². The van der Waals surface area contributed by atoms with Gasteiger partial charge in [0.25, 0.3) is 0 Å². The van der Waals surface area contributed by atoms with Crippen molar-refractivity contribution in [3.63, 3.8) is 0 Å². The molecule has 1 fully saturated rings. The van der Waals surface area contributed by atoms with E-state index in [0.29, 0.717) is 13.0 Å². The van der Waals surface area contributed by atoms with Crippen molar-refractivity contribution in [1.29, 1.82) is 0 Å². The Hall–Kier alpha value is -1.37. The summed E-state index contributed by atoms with van der Waals surface area (Å²) in [6.45, 7) is 7.17. The summed E-state index contributed by atoms with van der Waals surface area (Å²) >= 11 is 3.54. The average Bonchev–Trinajstić information content (AvgIpc) is 2.74. The van der Waals surface area contributed by atoms with Crippen LogP contribution in [0.3, 0.4) is 0 Å². The molecule has 1 saturated heterocycles. The van der Waals surface area contributed by atoms with Crippen LogP contribution >= 0.6 is 15.9 Å². The van der Waals surface area contributed by atoms with Gasteiger partial charge in [-0.1, -0.05) is 13.3 Å². The van der Waals surface area contributed by atoms with Crippen molar-refractivity contribution in [1.82, 2.24) is 20.0 Å². The van der Waals surface area contributed by atoms with Crippen LogP contribution in [0, 0.1) is 6.92 Å². The molecule has 0 saturated carbocycles. The third-order valence-corrected chi connectivity index (χ3v) is 4.78. The molecule has 2 rings (SSSR count). The molecule has 1 atom stereocenters. The fourth-order valence-corrected chi connectivity index (χ4v) is 3.05. The fourth-order valence-electron chi connectivity index (χ4n) is 2.64. The Morgan fingerprint density at radius 2 is 2.10 bits per heavy atom. The number of hydrogen-bond donors (Lipinski definition) is 1. The predicted octanol–water partition coefficient (Wildman–Crippen LogP) is 1.60. The lowest BCUT2D eigenvalue weighted by atomic mass is 10.1. The number of carbonyl (C=O) groups is 2. The molecule has 0 bridgehead atoms. The molecular formula is C14H21BrN4O2. The Kier molecular flexibility index (Phi) is 5.03. The molecule has 0 aromatic carbocycles. The molecule has 0 spiro atoms. The molecule has 1 aromatic heterocycles. The second-order valence-corrected chi connectivity index (χ2v) is 6.00. The number of hydrogen-bond acceptors (Lipinski definition) is 3. The molecule has 6 nitrogen and oxygen atoms in total. The molecule has 21 heavy (non-hydrogen) atoms. The molecule has 1 aliphatic rings. The highest BCUT2D eigenvalue weighted by atomic mass is 79.9. The molecular weight excluding hydrogens is 336 g/mol. The minimum atomic E-state index is -0.385. The number of carbonyl (C=O) groups excluding carboxylic acids is 2. The van der Waals surface area contributed by atoms with Gasteiger partial charge in [0.1, 0.15) is 6.04 Å². The molecule has 1 unspecified atom stereocenters. The van der Waals surface area contributed by atoms with Gasteiger partial charge >= 0.3 is 0 Å². The minimum Gasteiger partial charge on any atom is -0.345 e. The summed E-state index contributed by atoms with van der Waals surface area (Å²) in [7, 11) is 0. The second kappa shape index (κ2) is 6.60. The third-order valence-electron chi connectivity index (χ3n) is 3.75. The molecule has 2 amide bonds. The fraction of sp³-hybridized carbons (Fsp3) is 0.643. The standard InChI is InChI=1S/C14H21BrN4O2/c1-4-6-10-14(21)16-7-12(20)18(10)8-11-13(15)9(3)17-19(11)5-2/h10H,4-8H2,1-3H3,(H,16,21). The third kappa shape index (κ3) is 3.12. The molecule has 1 aromatic rings. The van der Waals surface area contributed by atoms with E-state index in [1.807, 2.05) is 25.5 Å². The monoisotopic (exact) mass is 356 g/mol. The topological polar surface area (TPSA) is 67.2 Å². The van der Waals surface area contributed by atoms with Crippen LogP contribution in [-0.2, 0) is 22.7 Å². The van der Waals surface area contributed by atoms with Crippen LogP contribution in [0.2, 0.25) is 0 Å². The van der Waals surface area contributed by atoms with Crippen molar-refractivity contribution in [2.45, 2.75) is 52.7 Å².